The van der Waals surface area contributed by atoms with Gasteiger partial charge in [0.2, 0.25) is 0 Å². The normalized spacial score (nSPS) is 9.39. The fourth-order valence-corrected chi connectivity index (χ4v) is 1.99. The standard InChI is InChI=1S/C15H24O.2Na/c1-2-3-4-5-6-7-8-11-14-12-9-10-13-15(14)16;;/h9-10,12-13,16H,2-8,11H2,1H3;;. The molecule has 0 atom stereocenters. The minimum absolute atomic E-state index is 0. The zero-order valence-corrected chi connectivity index (χ0v) is 16.4. The average Bonchev–Trinajstić information content (AvgIpc) is 2.30. The van der Waals surface area contributed by atoms with Gasteiger partial charge in [0.15, 0.2) is 0 Å². The third kappa shape index (κ3) is 9.89. The van der Waals surface area contributed by atoms with E-state index in [0.29, 0.717) is 5.75 Å². The monoisotopic (exact) mass is 266 g/mol. The molecular formula is C15H24Na2O. The van der Waals surface area contributed by atoms with Crippen LogP contribution in [0.1, 0.15) is 57.4 Å². The maximum absolute atomic E-state index is 9.58. The van der Waals surface area contributed by atoms with Crippen molar-refractivity contribution in [2.45, 2.75) is 58.3 Å². The molecule has 1 rings (SSSR count). The van der Waals surface area contributed by atoms with Gasteiger partial charge in [-0.3, -0.25) is 0 Å². The topological polar surface area (TPSA) is 20.2 Å². The van der Waals surface area contributed by atoms with E-state index < -0.39 is 0 Å². The summed E-state index contributed by atoms with van der Waals surface area (Å²) in [7, 11) is 0. The Bertz CT molecular complexity index is 290. The van der Waals surface area contributed by atoms with Gasteiger partial charge in [-0.05, 0) is 24.5 Å². The Labute approximate surface area is 156 Å². The molecule has 0 spiro atoms. The summed E-state index contributed by atoms with van der Waals surface area (Å²) < 4.78 is 0. The summed E-state index contributed by atoms with van der Waals surface area (Å²) in [5.74, 6) is 0.452. The van der Waals surface area contributed by atoms with Crippen molar-refractivity contribution in [3.8, 4) is 5.75 Å². The second-order valence-electron chi connectivity index (χ2n) is 4.50. The third-order valence-electron chi connectivity index (χ3n) is 3.04. The number of hydrogen-bond donors (Lipinski definition) is 1. The van der Waals surface area contributed by atoms with Crippen molar-refractivity contribution >= 4 is 59.1 Å². The predicted molar refractivity (Wildman–Crippen MR) is 81.3 cm³/mol. The molecule has 0 aliphatic carbocycles. The maximum Gasteiger partial charge on any atom is 0.118 e. The maximum atomic E-state index is 9.58. The molecule has 0 unspecified atom stereocenters. The Morgan fingerprint density at radius 1 is 0.833 bits per heavy atom. The molecule has 2 radical (unpaired) electrons. The van der Waals surface area contributed by atoms with Crippen molar-refractivity contribution in [2.24, 2.45) is 0 Å². The van der Waals surface area contributed by atoms with Crippen LogP contribution in [0.25, 0.3) is 0 Å². The van der Waals surface area contributed by atoms with E-state index in [1.165, 1.54) is 44.9 Å². The number of aromatic hydroxyl groups is 1. The second kappa shape index (κ2) is 14.4. The Hall–Kier alpha value is 1.02. The SMILES string of the molecule is CCCCCCCCCc1ccccc1O.[Na].[Na]. The van der Waals surface area contributed by atoms with Crippen LogP contribution in [0, 0.1) is 0 Å². The Balaban J connectivity index is 0. The van der Waals surface area contributed by atoms with Crippen LogP contribution in [0.4, 0.5) is 0 Å². The van der Waals surface area contributed by atoms with Crippen LogP contribution in [-0.2, 0) is 6.42 Å². The van der Waals surface area contributed by atoms with Gasteiger partial charge in [0.1, 0.15) is 5.75 Å². The van der Waals surface area contributed by atoms with Gasteiger partial charge in [-0.2, -0.15) is 0 Å². The number of phenols is 1. The van der Waals surface area contributed by atoms with Gasteiger partial charge in [-0.25, -0.2) is 0 Å². The van der Waals surface area contributed by atoms with E-state index in [4.69, 9.17) is 0 Å². The fourth-order valence-electron chi connectivity index (χ4n) is 1.99. The van der Waals surface area contributed by atoms with Crippen LogP contribution >= 0.6 is 0 Å². The fraction of sp³-hybridized carbons (Fsp3) is 0.600. The largest absolute Gasteiger partial charge is 0.508 e. The molecule has 3 heteroatoms. The number of benzene rings is 1. The van der Waals surface area contributed by atoms with Crippen LogP contribution in [0.3, 0.4) is 0 Å². The average molecular weight is 266 g/mol. The number of para-hydroxylation sites is 1. The summed E-state index contributed by atoms with van der Waals surface area (Å²) in [6.07, 6.45) is 10.3. The molecule has 0 fully saturated rings. The van der Waals surface area contributed by atoms with Gasteiger partial charge < -0.3 is 5.11 Å². The Kier molecular flexibility index (Phi) is 17.1. The number of rotatable bonds is 8. The summed E-state index contributed by atoms with van der Waals surface area (Å²) in [6.45, 7) is 2.25. The zero-order chi connectivity index (χ0) is 11.6. The van der Waals surface area contributed by atoms with E-state index in [9.17, 15) is 5.11 Å². The molecule has 0 amide bonds. The van der Waals surface area contributed by atoms with Crippen LogP contribution in [0.15, 0.2) is 24.3 Å². The third-order valence-corrected chi connectivity index (χ3v) is 3.04. The quantitative estimate of drug-likeness (QED) is 0.558. The molecule has 0 aromatic heterocycles. The molecule has 1 nitrogen and oxygen atoms in total. The number of hydrogen-bond acceptors (Lipinski definition) is 1. The van der Waals surface area contributed by atoms with Crippen LogP contribution in [-0.4, -0.2) is 64.2 Å². The van der Waals surface area contributed by atoms with Crippen molar-refractivity contribution in [3.63, 3.8) is 0 Å². The molecule has 92 valence electrons. The molecule has 1 aromatic carbocycles. The van der Waals surface area contributed by atoms with Crippen molar-refractivity contribution in [3.05, 3.63) is 29.8 Å². The van der Waals surface area contributed by atoms with E-state index in [1.807, 2.05) is 18.2 Å². The first-order chi connectivity index (χ1) is 7.84. The Morgan fingerprint density at radius 3 is 2.00 bits per heavy atom. The van der Waals surface area contributed by atoms with Crippen LogP contribution < -0.4 is 0 Å². The number of aryl methyl sites for hydroxylation is 1. The van der Waals surface area contributed by atoms with Crippen LogP contribution in [0.5, 0.6) is 5.75 Å². The van der Waals surface area contributed by atoms with Crippen molar-refractivity contribution in [1.29, 1.82) is 0 Å². The first-order valence-corrected chi connectivity index (χ1v) is 6.61. The van der Waals surface area contributed by atoms with Gasteiger partial charge >= 0.3 is 0 Å². The molecular weight excluding hydrogens is 242 g/mol. The van der Waals surface area contributed by atoms with Crippen LogP contribution in [0.2, 0.25) is 0 Å². The molecule has 0 bridgehead atoms. The van der Waals surface area contributed by atoms with Gasteiger partial charge in [-0.15, -0.1) is 0 Å². The van der Waals surface area contributed by atoms with Crippen molar-refractivity contribution < 1.29 is 5.11 Å². The minimum atomic E-state index is 0. The van der Waals surface area contributed by atoms with E-state index in [2.05, 4.69) is 6.92 Å². The molecule has 0 saturated carbocycles. The summed E-state index contributed by atoms with van der Waals surface area (Å²) in [4.78, 5) is 0. The molecule has 0 saturated heterocycles. The van der Waals surface area contributed by atoms with Crippen molar-refractivity contribution in [1.82, 2.24) is 0 Å². The minimum Gasteiger partial charge on any atom is -0.508 e. The number of phenolic OH excluding ortho intramolecular Hbond substituents is 1. The molecule has 18 heavy (non-hydrogen) atoms. The molecule has 0 heterocycles. The van der Waals surface area contributed by atoms with Crippen molar-refractivity contribution in [2.75, 3.05) is 0 Å². The predicted octanol–water partition coefficient (Wildman–Crippen LogP) is 3.92. The Morgan fingerprint density at radius 2 is 1.39 bits per heavy atom. The second-order valence-corrected chi connectivity index (χ2v) is 4.50. The molecule has 0 aliphatic rings. The smallest absolute Gasteiger partial charge is 0.118 e. The molecule has 1 aromatic rings. The van der Waals surface area contributed by atoms with Gasteiger partial charge in [0.25, 0.3) is 0 Å². The van der Waals surface area contributed by atoms with Gasteiger partial charge in [0.05, 0.1) is 0 Å². The van der Waals surface area contributed by atoms with Gasteiger partial charge in [0, 0.05) is 59.1 Å². The zero-order valence-electron chi connectivity index (χ0n) is 12.4. The van der Waals surface area contributed by atoms with Gasteiger partial charge in [-0.1, -0.05) is 63.6 Å². The first-order valence-electron chi connectivity index (χ1n) is 6.61. The summed E-state index contributed by atoms with van der Waals surface area (Å²) in [5.41, 5.74) is 1.09. The summed E-state index contributed by atoms with van der Waals surface area (Å²) in [6, 6.07) is 7.67. The van der Waals surface area contributed by atoms with E-state index in [0.717, 1.165) is 12.0 Å². The summed E-state index contributed by atoms with van der Waals surface area (Å²) >= 11 is 0. The summed E-state index contributed by atoms with van der Waals surface area (Å²) in [5, 5.41) is 9.58. The molecule has 1 N–H and O–H groups in total. The first kappa shape index (κ1) is 21.3. The number of unbranched alkanes of at least 4 members (excludes halogenated alkanes) is 6. The van der Waals surface area contributed by atoms with E-state index >= 15 is 0 Å². The van der Waals surface area contributed by atoms with E-state index in [1.54, 1.807) is 6.07 Å². The van der Waals surface area contributed by atoms with E-state index in [-0.39, 0.29) is 59.1 Å². The molecule has 0 aliphatic heterocycles.